The van der Waals surface area contributed by atoms with Crippen molar-refractivity contribution in [2.75, 3.05) is 5.43 Å². The standard InChI is InChI=1S/C8H10N4O4/c1-2-5-9-10-8(16)12(5)11-6(13)3-4-7(14)15/h3-4H,2H2,1H3,(H,10,16)(H,11,13)(H,14,15)/b4-3+. The van der Waals surface area contributed by atoms with Crippen molar-refractivity contribution in [3.8, 4) is 0 Å². The maximum absolute atomic E-state index is 11.2. The van der Waals surface area contributed by atoms with Gasteiger partial charge in [0.05, 0.1) is 0 Å². The van der Waals surface area contributed by atoms with E-state index in [-0.39, 0.29) is 0 Å². The van der Waals surface area contributed by atoms with Crippen molar-refractivity contribution in [2.24, 2.45) is 0 Å². The summed E-state index contributed by atoms with van der Waals surface area (Å²) in [6.45, 7) is 1.76. The largest absolute Gasteiger partial charge is 0.478 e. The Kier molecular flexibility index (Phi) is 3.59. The van der Waals surface area contributed by atoms with Crippen LogP contribution in [0, 0.1) is 0 Å². The first-order valence-corrected chi connectivity index (χ1v) is 4.43. The van der Waals surface area contributed by atoms with E-state index in [9.17, 15) is 14.4 Å². The topological polar surface area (TPSA) is 117 Å². The normalized spacial score (nSPS) is 10.6. The summed E-state index contributed by atoms with van der Waals surface area (Å²) in [4.78, 5) is 32.5. The van der Waals surface area contributed by atoms with Crippen LogP contribution in [0.4, 0.5) is 0 Å². The fourth-order valence-corrected chi connectivity index (χ4v) is 0.976. The summed E-state index contributed by atoms with van der Waals surface area (Å²) in [5.41, 5.74) is 1.60. The lowest BCUT2D eigenvalue weighted by Crippen LogP contribution is -2.31. The highest BCUT2D eigenvalue weighted by atomic mass is 16.4. The Morgan fingerprint density at radius 2 is 2.25 bits per heavy atom. The first-order chi connectivity index (χ1) is 7.54. The number of H-pyrrole nitrogens is 1. The van der Waals surface area contributed by atoms with Crippen molar-refractivity contribution >= 4 is 11.9 Å². The number of nitrogens with zero attached hydrogens (tertiary/aromatic N) is 2. The van der Waals surface area contributed by atoms with Gasteiger partial charge in [0.25, 0.3) is 5.91 Å². The molecule has 8 nitrogen and oxygen atoms in total. The molecule has 1 heterocycles. The number of hydrogen-bond donors (Lipinski definition) is 3. The molecule has 0 fully saturated rings. The van der Waals surface area contributed by atoms with Crippen LogP contribution in [0.25, 0.3) is 0 Å². The number of carboxylic acids is 1. The van der Waals surface area contributed by atoms with Gasteiger partial charge >= 0.3 is 11.7 Å². The molecule has 0 atom stereocenters. The van der Waals surface area contributed by atoms with Crippen LogP contribution in [0.1, 0.15) is 12.7 Å². The molecule has 0 bridgehead atoms. The van der Waals surface area contributed by atoms with Gasteiger partial charge in [-0.25, -0.2) is 14.7 Å². The molecule has 86 valence electrons. The second kappa shape index (κ2) is 4.91. The van der Waals surface area contributed by atoms with Crippen molar-refractivity contribution in [1.82, 2.24) is 14.9 Å². The number of carboxylic acid groups (broad SMARTS) is 1. The van der Waals surface area contributed by atoms with E-state index in [1.165, 1.54) is 0 Å². The van der Waals surface area contributed by atoms with E-state index >= 15 is 0 Å². The number of carbonyl (C=O) groups excluding carboxylic acids is 1. The van der Waals surface area contributed by atoms with Gasteiger partial charge in [-0.3, -0.25) is 10.2 Å². The van der Waals surface area contributed by atoms with Gasteiger partial charge in [0.1, 0.15) is 0 Å². The van der Waals surface area contributed by atoms with Gasteiger partial charge in [0.15, 0.2) is 5.82 Å². The summed E-state index contributed by atoms with van der Waals surface area (Å²) >= 11 is 0. The molecule has 0 saturated carbocycles. The Hall–Kier alpha value is -2.38. The van der Waals surface area contributed by atoms with Gasteiger partial charge < -0.3 is 5.11 Å². The van der Waals surface area contributed by atoms with E-state index in [4.69, 9.17) is 5.11 Å². The number of aromatic nitrogens is 3. The van der Waals surface area contributed by atoms with Crippen LogP contribution in [-0.2, 0) is 16.0 Å². The smallest absolute Gasteiger partial charge is 0.362 e. The SMILES string of the molecule is CCc1n[nH]c(=O)n1NC(=O)/C=C/C(=O)O. The molecule has 16 heavy (non-hydrogen) atoms. The van der Waals surface area contributed by atoms with Crippen LogP contribution < -0.4 is 11.1 Å². The van der Waals surface area contributed by atoms with Crippen molar-refractivity contribution in [1.29, 1.82) is 0 Å². The second-order valence-corrected chi connectivity index (χ2v) is 2.78. The molecule has 1 aromatic heterocycles. The molecule has 0 aliphatic rings. The van der Waals surface area contributed by atoms with Crippen LogP contribution in [0.3, 0.4) is 0 Å². The third-order valence-corrected chi connectivity index (χ3v) is 1.66. The Labute approximate surface area is 89.6 Å². The summed E-state index contributed by atoms with van der Waals surface area (Å²) in [6.07, 6.45) is 1.93. The van der Waals surface area contributed by atoms with Crippen molar-refractivity contribution < 1.29 is 14.7 Å². The molecular weight excluding hydrogens is 216 g/mol. The lowest BCUT2D eigenvalue weighted by molar-refractivity contribution is -0.131. The summed E-state index contributed by atoms with van der Waals surface area (Å²) in [7, 11) is 0. The van der Waals surface area contributed by atoms with E-state index in [2.05, 4.69) is 15.6 Å². The Balaban J connectivity index is 2.80. The predicted octanol–water partition coefficient (Wildman–Crippen LogP) is -1.16. The van der Waals surface area contributed by atoms with Crippen LogP contribution in [0.15, 0.2) is 16.9 Å². The molecule has 0 saturated heterocycles. The Morgan fingerprint density at radius 1 is 1.56 bits per heavy atom. The summed E-state index contributed by atoms with van der Waals surface area (Å²) in [6, 6.07) is 0. The number of aryl methyl sites for hydroxylation is 1. The van der Waals surface area contributed by atoms with Gasteiger partial charge in [-0.2, -0.15) is 9.77 Å². The van der Waals surface area contributed by atoms with E-state index in [1.807, 2.05) is 0 Å². The van der Waals surface area contributed by atoms with Crippen LogP contribution in [0.2, 0.25) is 0 Å². The van der Waals surface area contributed by atoms with Gasteiger partial charge in [0.2, 0.25) is 0 Å². The molecule has 1 rings (SSSR count). The highest BCUT2D eigenvalue weighted by molar-refractivity contribution is 5.98. The fraction of sp³-hybridized carbons (Fsp3) is 0.250. The van der Waals surface area contributed by atoms with E-state index in [1.54, 1.807) is 6.92 Å². The highest BCUT2D eigenvalue weighted by Gasteiger charge is 2.07. The number of rotatable bonds is 4. The number of carbonyl (C=O) groups is 2. The molecule has 1 amide bonds. The minimum Gasteiger partial charge on any atom is -0.478 e. The zero-order valence-corrected chi connectivity index (χ0v) is 8.43. The zero-order chi connectivity index (χ0) is 12.1. The minimum absolute atomic E-state index is 0.349. The fourth-order valence-electron chi connectivity index (χ4n) is 0.976. The maximum Gasteiger partial charge on any atom is 0.362 e. The second-order valence-electron chi connectivity index (χ2n) is 2.78. The molecule has 1 aromatic rings. The Bertz CT molecular complexity index is 484. The number of aromatic amines is 1. The third kappa shape index (κ3) is 2.80. The van der Waals surface area contributed by atoms with Gasteiger partial charge in [-0.1, -0.05) is 6.92 Å². The average molecular weight is 226 g/mol. The summed E-state index contributed by atoms with van der Waals surface area (Å²) in [5, 5.41) is 14.1. The van der Waals surface area contributed by atoms with Crippen molar-refractivity contribution in [3.05, 3.63) is 28.5 Å². The molecule has 8 heteroatoms. The minimum atomic E-state index is -1.24. The van der Waals surface area contributed by atoms with Gasteiger partial charge in [-0.05, 0) is 0 Å². The molecule has 3 N–H and O–H groups in total. The van der Waals surface area contributed by atoms with Crippen LogP contribution in [-0.4, -0.2) is 31.9 Å². The first kappa shape index (κ1) is 11.7. The summed E-state index contributed by atoms with van der Waals surface area (Å²) in [5.74, 6) is -1.62. The van der Waals surface area contributed by atoms with E-state index in [0.29, 0.717) is 18.3 Å². The quantitative estimate of drug-likeness (QED) is 0.560. The van der Waals surface area contributed by atoms with Crippen molar-refractivity contribution in [2.45, 2.75) is 13.3 Å². The molecule has 0 unspecified atom stereocenters. The summed E-state index contributed by atoms with van der Waals surface area (Å²) < 4.78 is 0.925. The molecule has 0 aromatic carbocycles. The zero-order valence-electron chi connectivity index (χ0n) is 8.43. The Morgan fingerprint density at radius 3 is 2.81 bits per heavy atom. The molecule has 0 spiro atoms. The van der Waals surface area contributed by atoms with Crippen LogP contribution in [0.5, 0.6) is 0 Å². The predicted molar refractivity (Wildman–Crippen MR) is 53.4 cm³/mol. The molecule has 0 aliphatic carbocycles. The van der Waals surface area contributed by atoms with Crippen molar-refractivity contribution in [3.63, 3.8) is 0 Å². The molecule has 0 radical (unpaired) electrons. The number of nitrogens with one attached hydrogen (secondary N) is 2. The highest BCUT2D eigenvalue weighted by Crippen LogP contribution is 1.88. The monoisotopic (exact) mass is 226 g/mol. The van der Waals surface area contributed by atoms with Gasteiger partial charge in [-0.15, -0.1) is 0 Å². The molecular formula is C8H10N4O4. The maximum atomic E-state index is 11.2. The lowest BCUT2D eigenvalue weighted by Gasteiger charge is -2.02. The van der Waals surface area contributed by atoms with E-state index in [0.717, 1.165) is 10.8 Å². The van der Waals surface area contributed by atoms with Gasteiger partial charge in [0, 0.05) is 18.6 Å². The number of aliphatic carboxylic acids is 1. The first-order valence-electron chi connectivity index (χ1n) is 4.43. The number of amides is 1. The molecule has 0 aliphatic heterocycles. The third-order valence-electron chi connectivity index (χ3n) is 1.66. The number of hydrogen-bond acceptors (Lipinski definition) is 4. The van der Waals surface area contributed by atoms with Crippen LogP contribution >= 0.6 is 0 Å². The van der Waals surface area contributed by atoms with E-state index < -0.39 is 17.6 Å². The lowest BCUT2D eigenvalue weighted by atomic mass is 10.4. The average Bonchev–Trinajstić information content (AvgIpc) is 2.57.